The molecule has 1 unspecified atom stereocenters. The zero-order valence-corrected chi connectivity index (χ0v) is 25.1. The Morgan fingerprint density at radius 3 is 2.39 bits per heavy atom. The lowest BCUT2D eigenvalue weighted by Crippen LogP contribution is -2.22. The van der Waals surface area contributed by atoms with Crippen molar-refractivity contribution in [3.63, 3.8) is 0 Å². The number of nitriles is 1. The van der Waals surface area contributed by atoms with Crippen molar-refractivity contribution in [2.45, 2.75) is 12.5 Å². The molecule has 4 aromatic carbocycles. The number of fused-ring (bicyclic) bond motifs is 1. The van der Waals surface area contributed by atoms with Crippen LogP contribution in [0.15, 0.2) is 90.3 Å². The second-order valence-electron chi connectivity index (χ2n) is 9.47. The van der Waals surface area contributed by atoms with Gasteiger partial charge >= 0.3 is 5.97 Å². The average molecular weight is 633 g/mol. The monoisotopic (exact) mass is 632 g/mol. The second-order valence-corrected chi connectivity index (χ2v) is 10.3. The van der Waals surface area contributed by atoms with Gasteiger partial charge in [-0.2, -0.15) is 5.26 Å². The molecule has 5 rings (SSSR count). The summed E-state index contributed by atoms with van der Waals surface area (Å²) < 4.78 is 33.6. The number of rotatable bonds is 10. The molecule has 2 N–H and O–H groups in total. The molecule has 11 heteroatoms. The number of hydrogen-bond donors (Lipinski definition) is 1. The van der Waals surface area contributed by atoms with Gasteiger partial charge in [0.15, 0.2) is 29.6 Å². The number of halogens is 2. The number of esters is 1. The summed E-state index contributed by atoms with van der Waals surface area (Å²) in [5, 5.41) is 11.0. The van der Waals surface area contributed by atoms with Crippen molar-refractivity contribution in [3.8, 4) is 40.6 Å². The SMILES string of the molecule is COc1ccccc1OCC(=O)Oc1ccc2c(c1)OC(N)=C(C#N)C2c1ccc(OCc2ccc(Cl)cc2Cl)c(OC)c1. The maximum Gasteiger partial charge on any atom is 0.349 e. The Morgan fingerprint density at radius 2 is 1.66 bits per heavy atom. The van der Waals surface area contributed by atoms with Gasteiger partial charge in [0.25, 0.3) is 0 Å². The van der Waals surface area contributed by atoms with Crippen LogP contribution in [-0.2, 0) is 11.4 Å². The third kappa shape index (κ3) is 6.62. The summed E-state index contributed by atoms with van der Waals surface area (Å²) in [4.78, 5) is 12.5. The number of para-hydroxylation sites is 2. The fourth-order valence-electron chi connectivity index (χ4n) is 4.65. The van der Waals surface area contributed by atoms with Crippen molar-refractivity contribution >= 4 is 29.2 Å². The molecule has 0 spiro atoms. The van der Waals surface area contributed by atoms with E-state index < -0.39 is 11.9 Å². The van der Waals surface area contributed by atoms with Crippen molar-refractivity contribution in [2.24, 2.45) is 5.73 Å². The minimum atomic E-state index is -0.635. The fraction of sp³-hybridized carbons (Fsp3) is 0.152. The summed E-state index contributed by atoms with van der Waals surface area (Å²) >= 11 is 12.3. The molecule has 0 bridgehead atoms. The van der Waals surface area contributed by atoms with Crippen LogP contribution in [0.5, 0.6) is 34.5 Å². The molecule has 0 saturated heterocycles. The molecule has 224 valence electrons. The number of nitrogens with two attached hydrogens (primary N) is 1. The summed E-state index contributed by atoms with van der Waals surface area (Å²) in [6.07, 6.45) is 0. The number of carbonyl (C=O) groups is 1. The molecule has 1 atom stereocenters. The van der Waals surface area contributed by atoms with E-state index in [-0.39, 0.29) is 30.4 Å². The number of carbonyl (C=O) groups excluding carboxylic acids is 1. The summed E-state index contributed by atoms with van der Waals surface area (Å²) in [7, 11) is 3.03. The maximum atomic E-state index is 12.5. The fourth-order valence-corrected chi connectivity index (χ4v) is 5.12. The molecule has 1 aliphatic rings. The van der Waals surface area contributed by atoms with Crippen LogP contribution in [0.3, 0.4) is 0 Å². The van der Waals surface area contributed by atoms with Crippen LogP contribution >= 0.6 is 23.2 Å². The molecule has 1 heterocycles. The van der Waals surface area contributed by atoms with Gasteiger partial charge in [-0.25, -0.2) is 4.79 Å². The van der Waals surface area contributed by atoms with E-state index in [2.05, 4.69) is 6.07 Å². The number of allylic oxidation sites excluding steroid dienone is 1. The Labute approximate surface area is 263 Å². The lowest BCUT2D eigenvalue weighted by molar-refractivity contribution is -0.136. The molecule has 0 aliphatic carbocycles. The van der Waals surface area contributed by atoms with E-state index in [4.69, 9.17) is 57.4 Å². The molecule has 0 radical (unpaired) electrons. The van der Waals surface area contributed by atoms with Crippen molar-refractivity contribution in [3.05, 3.63) is 117 Å². The number of nitrogens with zero attached hydrogens (tertiary/aromatic N) is 1. The molecule has 0 aromatic heterocycles. The average Bonchev–Trinajstić information content (AvgIpc) is 3.02. The second kappa shape index (κ2) is 13.5. The lowest BCUT2D eigenvalue weighted by Gasteiger charge is -2.27. The third-order valence-corrected chi connectivity index (χ3v) is 7.34. The summed E-state index contributed by atoms with van der Waals surface area (Å²) in [5.41, 5.74) is 8.50. The van der Waals surface area contributed by atoms with Crippen molar-refractivity contribution in [2.75, 3.05) is 20.8 Å². The molecule has 1 aliphatic heterocycles. The van der Waals surface area contributed by atoms with E-state index >= 15 is 0 Å². The Hall–Kier alpha value is -5.04. The Balaban J connectivity index is 1.36. The van der Waals surface area contributed by atoms with Crippen LogP contribution in [0.2, 0.25) is 10.0 Å². The summed E-state index contributed by atoms with van der Waals surface area (Å²) in [6, 6.07) is 24.5. The Bertz CT molecular complexity index is 1780. The molecule has 9 nitrogen and oxygen atoms in total. The van der Waals surface area contributed by atoms with Gasteiger partial charge in [-0.15, -0.1) is 0 Å². The molecule has 0 saturated carbocycles. The van der Waals surface area contributed by atoms with Crippen molar-refractivity contribution < 1.29 is 33.2 Å². The van der Waals surface area contributed by atoms with Gasteiger partial charge < -0.3 is 34.2 Å². The molecule has 4 aromatic rings. The summed E-state index contributed by atoms with van der Waals surface area (Å²) in [5.74, 6) is 1.08. The van der Waals surface area contributed by atoms with Gasteiger partial charge in [0.1, 0.15) is 29.7 Å². The first kappa shape index (κ1) is 30.4. The van der Waals surface area contributed by atoms with Gasteiger partial charge in [0.05, 0.1) is 20.1 Å². The largest absolute Gasteiger partial charge is 0.493 e. The van der Waals surface area contributed by atoms with Gasteiger partial charge in [-0.1, -0.05) is 53.5 Å². The normalized spacial score (nSPS) is 13.7. The topological polar surface area (TPSA) is 122 Å². The lowest BCUT2D eigenvalue weighted by atomic mass is 9.83. The highest BCUT2D eigenvalue weighted by molar-refractivity contribution is 6.35. The van der Waals surface area contributed by atoms with Crippen LogP contribution in [0.4, 0.5) is 0 Å². The Kier molecular flexibility index (Phi) is 9.34. The van der Waals surface area contributed by atoms with Crippen molar-refractivity contribution in [1.29, 1.82) is 5.26 Å². The third-order valence-electron chi connectivity index (χ3n) is 6.76. The smallest absolute Gasteiger partial charge is 0.349 e. The molecular formula is C33H26Cl2N2O7. The van der Waals surface area contributed by atoms with E-state index in [1.54, 1.807) is 66.7 Å². The van der Waals surface area contributed by atoms with Gasteiger partial charge in [0, 0.05) is 27.2 Å². The number of hydrogen-bond acceptors (Lipinski definition) is 9. The predicted molar refractivity (Wildman–Crippen MR) is 164 cm³/mol. The van der Waals surface area contributed by atoms with E-state index in [0.717, 1.165) is 5.56 Å². The zero-order chi connectivity index (χ0) is 31.2. The van der Waals surface area contributed by atoms with Crippen LogP contribution in [0.25, 0.3) is 0 Å². The summed E-state index contributed by atoms with van der Waals surface area (Å²) in [6.45, 7) is -0.159. The van der Waals surface area contributed by atoms with E-state index in [9.17, 15) is 10.1 Å². The standard InChI is InChI=1S/C33H26Cl2N2O7/c1-39-26-5-3-4-6-27(26)42-18-31(38)43-22-10-11-23-29(15-22)44-33(37)24(16-36)32(23)19-8-12-28(30(13-19)40-2)41-17-20-7-9-21(34)14-25(20)35/h3-15,32H,17-18,37H2,1-2H3. The first-order valence-electron chi connectivity index (χ1n) is 13.2. The number of methoxy groups -OCH3 is 2. The van der Waals surface area contributed by atoms with Gasteiger partial charge in [0.2, 0.25) is 5.88 Å². The van der Waals surface area contributed by atoms with Crippen LogP contribution in [-0.4, -0.2) is 26.8 Å². The minimum Gasteiger partial charge on any atom is -0.493 e. The predicted octanol–water partition coefficient (Wildman–Crippen LogP) is 6.79. The molecule has 0 amide bonds. The molecule has 44 heavy (non-hydrogen) atoms. The van der Waals surface area contributed by atoms with Crippen LogP contribution < -0.4 is 34.2 Å². The first-order chi connectivity index (χ1) is 21.3. The Morgan fingerprint density at radius 1 is 0.909 bits per heavy atom. The minimum absolute atomic E-state index is 0.0651. The maximum absolute atomic E-state index is 12.5. The quantitative estimate of drug-likeness (QED) is 0.149. The highest BCUT2D eigenvalue weighted by Crippen LogP contribution is 2.45. The number of benzene rings is 4. The van der Waals surface area contributed by atoms with E-state index in [0.29, 0.717) is 49.9 Å². The van der Waals surface area contributed by atoms with Gasteiger partial charge in [-0.3, -0.25) is 0 Å². The van der Waals surface area contributed by atoms with Gasteiger partial charge in [-0.05, 0) is 48.0 Å². The van der Waals surface area contributed by atoms with E-state index in [1.807, 2.05) is 6.07 Å². The molecule has 0 fully saturated rings. The molecular weight excluding hydrogens is 607 g/mol. The highest BCUT2D eigenvalue weighted by atomic mass is 35.5. The first-order valence-corrected chi connectivity index (χ1v) is 14.0. The highest BCUT2D eigenvalue weighted by Gasteiger charge is 2.32. The van der Waals surface area contributed by atoms with Crippen molar-refractivity contribution in [1.82, 2.24) is 0 Å². The number of ether oxygens (including phenoxy) is 6. The van der Waals surface area contributed by atoms with Crippen LogP contribution in [0.1, 0.15) is 22.6 Å². The zero-order valence-electron chi connectivity index (χ0n) is 23.6. The van der Waals surface area contributed by atoms with E-state index in [1.165, 1.54) is 20.3 Å². The van der Waals surface area contributed by atoms with Crippen LogP contribution in [0, 0.1) is 11.3 Å².